The molecule has 0 aliphatic heterocycles. The molecule has 0 spiro atoms. The van der Waals surface area contributed by atoms with Crippen molar-refractivity contribution in [2.75, 3.05) is 41.4 Å². The number of methoxy groups -OCH3 is 2. The maximum absolute atomic E-state index is 12.1. The maximum Gasteiger partial charge on any atom is 0.241 e. The summed E-state index contributed by atoms with van der Waals surface area (Å²) in [5.74, 6) is 0.982. The Bertz CT molecular complexity index is 917. The van der Waals surface area contributed by atoms with Gasteiger partial charge in [-0.15, -0.1) is 0 Å². The summed E-state index contributed by atoms with van der Waals surface area (Å²) < 4.78 is 10.3. The lowest BCUT2D eigenvalue weighted by Crippen LogP contribution is -2.41. The number of rotatable bonds is 13. The van der Waals surface area contributed by atoms with E-state index in [4.69, 9.17) is 9.47 Å². The average Bonchev–Trinajstić information content (AvgIpc) is 2.84. The molecule has 10 nitrogen and oxygen atoms in total. The first-order chi connectivity index (χ1) is 16.4. The molecule has 182 valence electrons. The van der Waals surface area contributed by atoms with Gasteiger partial charge in [0, 0.05) is 40.0 Å². The van der Waals surface area contributed by atoms with E-state index < -0.39 is 0 Å². The van der Waals surface area contributed by atoms with Crippen LogP contribution in [-0.2, 0) is 9.59 Å². The van der Waals surface area contributed by atoms with Crippen molar-refractivity contribution in [1.82, 2.24) is 20.9 Å². The third-order valence-corrected chi connectivity index (χ3v) is 4.75. The third-order valence-electron chi connectivity index (χ3n) is 4.75. The zero-order valence-electron chi connectivity index (χ0n) is 20.0. The van der Waals surface area contributed by atoms with Gasteiger partial charge in [0.2, 0.25) is 11.8 Å². The van der Waals surface area contributed by atoms with E-state index in [1.165, 1.54) is 0 Å². The summed E-state index contributed by atoms with van der Waals surface area (Å²) in [6.45, 7) is 0.877. The van der Waals surface area contributed by atoms with E-state index in [9.17, 15) is 9.59 Å². The molecule has 0 radical (unpaired) electrons. The van der Waals surface area contributed by atoms with Crippen molar-refractivity contribution in [2.24, 2.45) is 10.2 Å². The first-order valence-corrected chi connectivity index (χ1v) is 10.8. The molecule has 0 saturated carbocycles. The van der Waals surface area contributed by atoms with Crippen molar-refractivity contribution in [3.8, 4) is 11.5 Å². The zero-order chi connectivity index (χ0) is 24.8. The van der Waals surface area contributed by atoms with Crippen molar-refractivity contribution in [3.05, 3.63) is 59.7 Å². The normalized spacial score (nSPS) is 11.4. The van der Waals surface area contributed by atoms with E-state index in [-0.39, 0.29) is 24.7 Å². The Kier molecular flexibility index (Phi) is 11.2. The Morgan fingerprint density at radius 2 is 1.26 bits per heavy atom. The Balaban J connectivity index is 1.73. The lowest BCUT2D eigenvalue weighted by molar-refractivity contribution is -0.123. The number of nitrogens with one attached hydrogen (secondary N) is 2. The van der Waals surface area contributed by atoms with Crippen LogP contribution >= 0.6 is 0 Å². The second kappa shape index (κ2) is 14.4. The molecule has 2 aromatic rings. The number of hydrazone groups is 2. The lowest BCUT2D eigenvalue weighted by atomic mass is 10.2. The van der Waals surface area contributed by atoms with E-state index in [1.807, 2.05) is 72.6 Å². The van der Waals surface area contributed by atoms with Crippen LogP contribution in [0.5, 0.6) is 11.5 Å². The predicted octanol–water partition coefficient (Wildman–Crippen LogP) is 1.86. The van der Waals surface area contributed by atoms with Crippen molar-refractivity contribution in [1.29, 1.82) is 0 Å². The monoisotopic (exact) mass is 468 g/mol. The van der Waals surface area contributed by atoms with Gasteiger partial charge in [-0.3, -0.25) is 9.59 Å². The number of amides is 2. The van der Waals surface area contributed by atoms with Gasteiger partial charge in [0.25, 0.3) is 0 Å². The number of hydrogen-bond acceptors (Lipinski definition) is 8. The summed E-state index contributed by atoms with van der Waals surface area (Å²) in [6, 6.07) is 14.7. The summed E-state index contributed by atoms with van der Waals surface area (Å²) in [5.41, 5.74) is 6.66. The van der Waals surface area contributed by atoms with Crippen LogP contribution in [0.25, 0.3) is 0 Å². The number of carbonyl (C=O) groups excluding carboxylic acids is 2. The van der Waals surface area contributed by atoms with Crippen molar-refractivity contribution in [3.63, 3.8) is 0 Å². The van der Waals surface area contributed by atoms with Crippen LogP contribution in [0.3, 0.4) is 0 Å². The van der Waals surface area contributed by atoms with Gasteiger partial charge in [-0.1, -0.05) is 24.3 Å². The Hall–Kier alpha value is -3.76. The summed E-state index contributed by atoms with van der Waals surface area (Å²) in [7, 11) is 6.90. The number of nitrogens with zero attached hydrogens (tertiary/aromatic N) is 4. The number of benzene rings is 2. The minimum absolute atomic E-state index is 0.224. The fraction of sp³-hybridized carbons (Fsp3) is 0.333. The fourth-order valence-electron chi connectivity index (χ4n) is 2.89. The molecule has 0 saturated heterocycles. The molecule has 2 rings (SSSR count). The Morgan fingerprint density at radius 3 is 1.65 bits per heavy atom. The van der Waals surface area contributed by atoms with Gasteiger partial charge < -0.3 is 9.47 Å². The largest absolute Gasteiger partial charge is 0.497 e. The minimum atomic E-state index is -0.224. The molecule has 0 unspecified atom stereocenters. The molecule has 0 aromatic heterocycles. The second-order valence-electron chi connectivity index (χ2n) is 7.44. The van der Waals surface area contributed by atoms with Gasteiger partial charge >= 0.3 is 0 Å². The van der Waals surface area contributed by atoms with Gasteiger partial charge in [0.05, 0.1) is 26.6 Å². The van der Waals surface area contributed by atoms with Crippen molar-refractivity contribution >= 4 is 24.2 Å². The second-order valence-corrected chi connectivity index (χ2v) is 7.44. The summed E-state index contributed by atoms with van der Waals surface area (Å²) >= 11 is 0. The highest BCUT2D eigenvalue weighted by molar-refractivity contribution is 5.83. The predicted molar refractivity (Wildman–Crippen MR) is 132 cm³/mol. The Labute approximate surface area is 200 Å². The third kappa shape index (κ3) is 9.80. The van der Waals surface area contributed by atoms with Gasteiger partial charge in [0.15, 0.2) is 0 Å². The fourth-order valence-corrected chi connectivity index (χ4v) is 2.89. The summed E-state index contributed by atoms with van der Waals surface area (Å²) in [5, 5.41) is 11.7. The van der Waals surface area contributed by atoms with E-state index in [1.54, 1.807) is 26.6 Å². The highest BCUT2D eigenvalue weighted by Gasteiger charge is 2.12. The molecular weight excluding hydrogens is 436 g/mol. The molecule has 10 heteroatoms. The van der Waals surface area contributed by atoms with Crippen LogP contribution in [0.4, 0.5) is 0 Å². The lowest BCUT2D eigenvalue weighted by Gasteiger charge is -2.28. The maximum atomic E-state index is 12.1. The number of carbonyl (C=O) groups is 2. The quantitative estimate of drug-likeness (QED) is 0.343. The van der Waals surface area contributed by atoms with Gasteiger partial charge in [0.1, 0.15) is 11.5 Å². The molecule has 34 heavy (non-hydrogen) atoms. The highest BCUT2D eigenvalue weighted by atomic mass is 16.5. The van der Waals surface area contributed by atoms with Crippen LogP contribution in [0.2, 0.25) is 0 Å². The highest BCUT2D eigenvalue weighted by Crippen LogP contribution is 2.11. The van der Waals surface area contributed by atoms with E-state index in [2.05, 4.69) is 21.1 Å². The summed E-state index contributed by atoms with van der Waals surface area (Å²) in [4.78, 5) is 24.3. The summed E-state index contributed by atoms with van der Waals surface area (Å²) in [6.07, 6.45) is 3.56. The zero-order valence-corrected chi connectivity index (χ0v) is 20.0. The molecule has 0 atom stereocenters. The molecule has 2 amide bonds. The van der Waals surface area contributed by atoms with Gasteiger partial charge in [-0.25, -0.2) is 20.9 Å². The van der Waals surface area contributed by atoms with Crippen molar-refractivity contribution < 1.29 is 19.1 Å². The molecular formula is C24H32N6O4. The average molecular weight is 469 g/mol. The van der Waals surface area contributed by atoms with E-state index in [0.29, 0.717) is 24.6 Å². The number of ether oxygens (including phenoxy) is 2. The number of hydrazine groups is 1. The molecule has 0 heterocycles. The topological polar surface area (TPSA) is 108 Å². The molecule has 2 N–H and O–H groups in total. The smallest absolute Gasteiger partial charge is 0.241 e. The Morgan fingerprint density at radius 1 is 0.824 bits per heavy atom. The first kappa shape index (κ1) is 26.5. The standard InChI is InChI=1S/C24H32N6O4/c1-29(2)30(13-11-23(31)27-25-17-19-7-5-9-21(15-19)33-3)14-12-24(32)28-26-18-20-8-6-10-22(16-20)34-4/h5-10,15-18H,11-14H2,1-4H3,(H,27,31)(H,28,32)/b25-17+,26-18+. The van der Waals surface area contributed by atoms with E-state index in [0.717, 1.165) is 11.1 Å². The van der Waals surface area contributed by atoms with Crippen LogP contribution < -0.4 is 20.3 Å². The van der Waals surface area contributed by atoms with Crippen LogP contribution in [-0.4, -0.2) is 75.7 Å². The van der Waals surface area contributed by atoms with Gasteiger partial charge in [-0.2, -0.15) is 10.2 Å². The first-order valence-electron chi connectivity index (χ1n) is 10.8. The minimum Gasteiger partial charge on any atom is -0.497 e. The van der Waals surface area contributed by atoms with Crippen LogP contribution in [0, 0.1) is 0 Å². The van der Waals surface area contributed by atoms with Crippen LogP contribution in [0.15, 0.2) is 58.7 Å². The van der Waals surface area contributed by atoms with Gasteiger partial charge in [-0.05, 0) is 35.4 Å². The number of hydrogen-bond donors (Lipinski definition) is 2. The molecule has 0 aliphatic rings. The SMILES string of the molecule is COc1cccc(/C=N/NC(=O)CCN(CCC(=O)N/N=C/c2cccc(OC)c2)N(C)C)c1. The molecule has 0 aliphatic carbocycles. The van der Waals surface area contributed by atoms with Crippen molar-refractivity contribution in [2.45, 2.75) is 12.8 Å². The molecule has 0 fully saturated rings. The molecule has 2 aromatic carbocycles. The molecule has 0 bridgehead atoms. The van der Waals surface area contributed by atoms with E-state index >= 15 is 0 Å². The van der Waals surface area contributed by atoms with Crippen LogP contribution in [0.1, 0.15) is 24.0 Å².